The number of nitrogens with zero attached hydrogens (tertiary/aromatic N) is 8. The summed E-state index contributed by atoms with van der Waals surface area (Å²) in [4.78, 5) is 16.3. The topological polar surface area (TPSA) is 77.5 Å². The predicted molar refractivity (Wildman–Crippen MR) is 195 cm³/mol. The number of anilines is 3. The van der Waals surface area contributed by atoms with Gasteiger partial charge in [-0.15, -0.1) is 10.2 Å². The summed E-state index contributed by atoms with van der Waals surface area (Å²) >= 11 is 0. The quantitative estimate of drug-likeness (QED) is 0.174. The monoisotopic (exact) mass is 632 g/mol. The molecule has 0 radical (unpaired) electrons. The van der Waals surface area contributed by atoms with Crippen LogP contribution in [0.15, 0.2) is 170 Å². The number of aromatic nitrogens is 7. The molecule has 9 rings (SSSR count). The molecule has 0 bridgehead atoms. The summed E-state index contributed by atoms with van der Waals surface area (Å²) < 4.78 is 4.28. The summed E-state index contributed by atoms with van der Waals surface area (Å²) in [6, 6.07) is 51.6. The molecule has 8 nitrogen and oxygen atoms in total. The van der Waals surface area contributed by atoms with Crippen LogP contribution in [0.25, 0.3) is 56.2 Å². The molecule has 5 heterocycles. The van der Waals surface area contributed by atoms with Crippen LogP contribution in [-0.4, -0.2) is 34.3 Å². The first-order valence-corrected chi connectivity index (χ1v) is 16.0. The molecular formula is C41H28N8. The molecule has 0 spiro atoms. The lowest BCUT2D eigenvalue weighted by Gasteiger charge is -2.25. The zero-order valence-electron chi connectivity index (χ0n) is 26.2. The minimum Gasteiger partial charge on any atom is -0.309 e. The Kier molecular flexibility index (Phi) is 6.94. The molecule has 9 aromatic rings. The molecule has 0 atom stereocenters. The minimum absolute atomic E-state index is 0.608. The molecule has 8 heteroatoms. The van der Waals surface area contributed by atoms with E-state index in [2.05, 4.69) is 115 Å². The highest BCUT2D eigenvalue weighted by atomic mass is 15.3. The lowest BCUT2D eigenvalue weighted by Crippen LogP contribution is -2.12. The highest BCUT2D eigenvalue weighted by molar-refractivity contribution is 6.09. The van der Waals surface area contributed by atoms with Crippen molar-refractivity contribution in [1.29, 1.82) is 0 Å². The smallest absolute Gasteiger partial charge is 0.187 e. The molecule has 0 N–H and O–H groups in total. The number of hydrogen-bond donors (Lipinski definition) is 0. The Labute approximate surface area is 282 Å². The van der Waals surface area contributed by atoms with E-state index in [9.17, 15) is 0 Å². The Hall–Kier alpha value is -6.93. The lowest BCUT2D eigenvalue weighted by atomic mass is 10.2. The van der Waals surface area contributed by atoms with Gasteiger partial charge >= 0.3 is 0 Å². The molecule has 0 saturated heterocycles. The van der Waals surface area contributed by atoms with Crippen molar-refractivity contribution in [3.63, 3.8) is 0 Å². The SMILES string of the molecule is c1ccc(N(c2ccc(-n3c4ccccc4c4ccccc43)cc2)c2ccc(-n3c(-c4ccccn4)nnc3-c3ccccn3)cn2)cc1. The first kappa shape index (κ1) is 28.3. The van der Waals surface area contributed by atoms with Crippen LogP contribution in [0.1, 0.15) is 0 Å². The lowest BCUT2D eigenvalue weighted by molar-refractivity contribution is 1.03. The molecule has 49 heavy (non-hydrogen) atoms. The van der Waals surface area contributed by atoms with Crippen molar-refractivity contribution in [2.24, 2.45) is 0 Å². The summed E-state index contributed by atoms with van der Waals surface area (Å²) in [6.45, 7) is 0. The Morgan fingerprint density at radius 1 is 0.408 bits per heavy atom. The second-order valence-corrected chi connectivity index (χ2v) is 11.5. The van der Waals surface area contributed by atoms with E-state index in [1.165, 1.54) is 21.8 Å². The average Bonchev–Trinajstić information content (AvgIpc) is 3.77. The number of para-hydroxylation sites is 3. The third-order valence-corrected chi connectivity index (χ3v) is 8.63. The van der Waals surface area contributed by atoms with Crippen LogP contribution < -0.4 is 4.90 Å². The molecule has 0 aliphatic rings. The summed E-state index contributed by atoms with van der Waals surface area (Å²) in [6.07, 6.45) is 5.35. The van der Waals surface area contributed by atoms with Gasteiger partial charge in [0.1, 0.15) is 17.2 Å². The maximum atomic E-state index is 5.02. The van der Waals surface area contributed by atoms with Crippen molar-refractivity contribution in [2.75, 3.05) is 4.90 Å². The molecule has 0 aliphatic carbocycles. The number of fused-ring (bicyclic) bond motifs is 3. The van der Waals surface area contributed by atoms with Crippen LogP contribution >= 0.6 is 0 Å². The van der Waals surface area contributed by atoms with Gasteiger partial charge in [0, 0.05) is 40.2 Å². The summed E-state index contributed by atoms with van der Waals surface area (Å²) in [5.41, 5.74) is 7.64. The normalized spacial score (nSPS) is 11.3. The largest absolute Gasteiger partial charge is 0.309 e. The van der Waals surface area contributed by atoms with Gasteiger partial charge in [-0.2, -0.15) is 0 Å². The fraction of sp³-hybridized carbons (Fsp3) is 0. The van der Waals surface area contributed by atoms with Crippen molar-refractivity contribution < 1.29 is 0 Å². The molecule has 0 unspecified atom stereocenters. The number of rotatable bonds is 7. The van der Waals surface area contributed by atoms with Gasteiger partial charge in [-0.25, -0.2) is 4.98 Å². The third kappa shape index (κ3) is 4.99. The van der Waals surface area contributed by atoms with Gasteiger partial charge < -0.3 is 4.57 Å². The van der Waals surface area contributed by atoms with Crippen LogP contribution in [0.5, 0.6) is 0 Å². The van der Waals surface area contributed by atoms with Crippen LogP contribution in [0.2, 0.25) is 0 Å². The Morgan fingerprint density at radius 2 is 0.939 bits per heavy atom. The molecule has 0 amide bonds. The van der Waals surface area contributed by atoms with Crippen LogP contribution in [0.4, 0.5) is 17.2 Å². The fourth-order valence-electron chi connectivity index (χ4n) is 6.44. The predicted octanol–water partition coefficient (Wildman–Crippen LogP) is 9.35. The molecular weight excluding hydrogens is 605 g/mol. The summed E-state index contributed by atoms with van der Waals surface area (Å²) in [5, 5.41) is 11.5. The van der Waals surface area contributed by atoms with E-state index >= 15 is 0 Å². The van der Waals surface area contributed by atoms with E-state index in [0.717, 1.165) is 28.6 Å². The van der Waals surface area contributed by atoms with E-state index in [1.54, 1.807) is 12.4 Å². The minimum atomic E-state index is 0.608. The first-order chi connectivity index (χ1) is 24.3. The van der Waals surface area contributed by atoms with Crippen molar-refractivity contribution in [3.8, 4) is 34.4 Å². The van der Waals surface area contributed by atoms with Gasteiger partial charge in [0.05, 0.1) is 22.9 Å². The second kappa shape index (κ2) is 12.0. The van der Waals surface area contributed by atoms with E-state index in [4.69, 9.17) is 4.98 Å². The molecule has 0 aliphatic heterocycles. The summed E-state index contributed by atoms with van der Waals surface area (Å²) in [5.74, 6) is 1.99. The van der Waals surface area contributed by atoms with E-state index in [0.29, 0.717) is 23.0 Å². The third-order valence-electron chi connectivity index (χ3n) is 8.63. The van der Waals surface area contributed by atoms with Crippen LogP contribution in [0, 0.1) is 0 Å². The van der Waals surface area contributed by atoms with E-state index < -0.39 is 0 Å². The summed E-state index contributed by atoms with van der Waals surface area (Å²) in [7, 11) is 0. The van der Waals surface area contributed by atoms with Gasteiger partial charge in [0.2, 0.25) is 0 Å². The Morgan fingerprint density at radius 3 is 1.49 bits per heavy atom. The molecule has 0 fully saturated rings. The number of pyridine rings is 3. The average molecular weight is 633 g/mol. The molecule has 0 saturated carbocycles. The van der Waals surface area contributed by atoms with E-state index in [-0.39, 0.29) is 0 Å². The number of hydrogen-bond acceptors (Lipinski definition) is 6. The molecule has 232 valence electrons. The second-order valence-electron chi connectivity index (χ2n) is 11.5. The van der Waals surface area contributed by atoms with Gasteiger partial charge in [-0.05, 0) is 84.9 Å². The molecule has 4 aromatic carbocycles. The highest BCUT2D eigenvalue weighted by Gasteiger charge is 2.21. The fourth-order valence-corrected chi connectivity index (χ4v) is 6.44. The molecule has 5 aromatic heterocycles. The van der Waals surface area contributed by atoms with Gasteiger partial charge in [0.25, 0.3) is 0 Å². The van der Waals surface area contributed by atoms with Crippen molar-refractivity contribution in [3.05, 3.63) is 170 Å². The zero-order valence-corrected chi connectivity index (χ0v) is 26.2. The van der Waals surface area contributed by atoms with Crippen molar-refractivity contribution >= 4 is 39.0 Å². The van der Waals surface area contributed by atoms with Crippen LogP contribution in [-0.2, 0) is 0 Å². The van der Waals surface area contributed by atoms with Crippen LogP contribution in [0.3, 0.4) is 0 Å². The Bertz CT molecular complexity index is 2410. The maximum absolute atomic E-state index is 5.02. The zero-order chi connectivity index (χ0) is 32.6. The van der Waals surface area contributed by atoms with Gasteiger partial charge in [-0.3, -0.25) is 19.4 Å². The van der Waals surface area contributed by atoms with Gasteiger partial charge in [0.15, 0.2) is 11.6 Å². The number of benzene rings is 4. The van der Waals surface area contributed by atoms with Crippen molar-refractivity contribution in [2.45, 2.75) is 0 Å². The van der Waals surface area contributed by atoms with Crippen molar-refractivity contribution in [1.82, 2.24) is 34.3 Å². The Balaban J connectivity index is 1.13. The van der Waals surface area contributed by atoms with Gasteiger partial charge in [-0.1, -0.05) is 66.7 Å². The van der Waals surface area contributed by atoms with E-state index in [1.807, 2.05) is 77.5 Å². The first-order valence-electron chi connectivity index (χ1n) is 16.0. The highest BCUT2D eigenvalue weighted by Crippen LogP contribution is 2.37. The maximum Gasteiger partial charge on any atom is 0.187 e. The standard InChI is InChI=1S/C41H28N8/c1-2-12-29(13-3-1)47(30-20-22-31(23-21-30)48-37-18-6-4-14-33(37)34-15-5-7-19-38(34)48)39-25-24-32(28-44-39)49-40(35-16-8-10-26-42-35)45-46-41(49)36-17-9-11-27-43-36/h1-28H.